The smallest absolute Gasteiger partial charge is 0.467 e. The van der Waals surface area contributed by atoms with E-state index in [1.54, 1.807) is 5.32 Å². The average Bonchev–Trinajstić information content (AvgIpc) is 2.69. The molecule has 0 rings (SSSR count). The SMILES string of the molecule is CCCCCCCCCCCC(O)C#CCSC[C@H](NC(=O)C(F)(F)F)C(=O)OC. The molecule has 0 fully saturated rings. The van der Waals surface area contributed by atoms with E-state index in [0.29, 0.717) is 6.42 Å². The van der Waals surface area contributed by atoms with E-state index in [-0.39, 0.29) is 11.5 Å². The molecule has 1 amide bonds. The molecule has 0 radical (unpaired) electrons. The van der Waals surface area contributed by atoms with Crippen LogP contribution in [-0.4, -0.2) is 53.9 Å². The van der Waals surface area contributed by atoms with Gasteiger partial charge in [-0.25, -0.2) is 4.79 Å². The number of amides is 1. The van der Waals surface area contributed by atoms with Gasteiger partial charge in [0, 0.05) is 5.75 Å². The molecule has 5 nitrogen and oxygen atoms in total. The lowest BCUT2D eigenvalue weighted by Crippen LogP contribution is -2.48. The van der Waals surface area contributed by atoms with Crippen LogP contribution >= 0.6 is 11.8 Å². The molecule has 0 heterocycles. The fraction of sp³-hybridized carbons (Fsp3) is 0.810. The highest BCUT2D eigenvalue weighted by Gasteiger charge is 2.40. The summed E-state index contributed by atoms with van der Waals surface area (Å²) in [5.74, 6) is 2.37. The number of methoxy groups -OCH3 is 1. The van der Waals surface area contributed by atoms with Gasteiger partial charge in [-0.3, -0.25) is 4.79 Å². The summed E-state index contributed by atoms with van der Waals surface area (Å²) in [5.41, 5.74) is 0. The van der Waals surface area contributed by atoms with Gasteiger partial charge in [0.1, 0.15) is 12.1 Å². The van der Waals surface area contributed by atoms with Crippen LogP contribution in [0.1, 0.15) is 71.1 Å². The Kier molecular flexibility index (Phi) is 16.5. The van der Waals surface area contributed by atoms with E-state index in [9.17, 15) is 27.9 Å². The van der Waals surface area contributed by atoms with Gasteiger partial charge in [-0.15, -0.1) is 11.8 Å². The molecule has 0 spiro atoms. The number of unbranched alkanes of at least 4 members (excludes halogenated alkanes) is 8. The van der Waals surface area contributed by atoms with E-state index in [4.69, 9.17) is 0 Å². The molecular weight excluding hydrogens is 419 g/mol. The van der Waals surface area contributed by atoms with Crippen molar-refractivity contribution < 1.29 is 32.6 Å². The highest BCUT2D eigenvalue weighted by molar-refractivity contribution is 7.99. The normalized spacial score (nSPS) is 13.1. The van der Waals surface area contributed by atoms with Crippen LogP contribution in [-0.2, 0) is 14.3 Å². The van der Waals surface area contributed by atoms with Crippen LogP contribution in [0.4, 0.5) is 13.2 Å². The Hall–Kier alpha value is -1.40. The Bertz CT molecular complexity index is 547. The summed E-state index contributed by atoms with van der Waals surface area (Å²) in [6.45, 7) is 2.20. The quantitative estimate of drug-likeness (QED) is 0.221. The van der Waals surface area contributed by atoms with Crippen LogP contribution in [0.5, 0.6) is 0 Å². The zero-order valence-corrected chi connectivity index (χ0v) is 18.7. The Morgan fingerprint density at radius 2 is 1.63 bits per heavy atom. The second-order valence-electron chi connectivity index (χ2n) is 7.02. The Morgan fingerprint density at radius 1 is 1.07 bits per heavy atom. The molecule has 0 aromatic rings. The van der Waals surface area contributed by atoms with E-state index in [2.05, 4.69) is 23.5 Å². The lowest BCUT2D eigenvalue weighted by atomic mass is 10.1. The van der Waals surface area contributed by atoms with Crippen molar-refractivity contribution in [3.63, 3.8) is 0 Å². The number of hydrogen-bond donors (Lipinski definition) is 2. The van der Waals surface area contributed by atoms with E-state index in [1.807, 2.05) is 0 Å². The maximum atomic E-state index is 12.3. The fourth-order valence-corrected chi connectivity index (χ4v) is 3.42. The number of esters is 1. The average molecular weight is 454 g/mol. The van der Waals surface area contributed by atoms with Gasteiger partial charge in [-0.1, -0.05) is 70.1 Å². The van der Waals surface area contributed by atoms with Crippen molar-refractivity contribution in [2.45, 2.75) is 89.5 Å². The summed E-state index contributed by atoms with van der Waals surface area (Å²) >= 11 is 1.07. The monoisotopic (exact) mass is 453 g/mol. The van der Waals surface area contributed by atoms with E-state index in [1.165, 1.54) is 38.5 Å². The van der Waals surface area contributed by atoms with Gasteiger partial charge < -0.3 is 15.2 Å². The summed E-state index contributed by atoms with van der Waals surface area (Å²) in [5, 5.41) is 11.5. The minimum Gasteiger partial charge on any atom is -0.467 e. The second-order valence-corrected chi connectivity index (χ2v) is 8.05. The van der Waals surface area contributed by atoms with E-state index >= 15 is 0 Å². The molecule has 2 atom stereocenters. The number of ether oxygens (including phenoxy) is 1. The van der Waals surface area contributed by atoms with E-state index in [0.717, 1.165) is 38.1 Å². The summed E-state index contributed by atoms with van der Waals surface area (Å²) in [7, 11) is 1.03. The Morgan fingerprint density at radius 3 is 2.17 bits per heavy atom. The maximum absolute atomic E-state index is 12.3. The second kappa shape index (κ2) is 17.3. The molecule has 0 aromatic carbocycles. The summed E-state index contributed by atoms with van der Waals surface area (Å²) in [6.07, 6.45) is 5.49. The van der Waals surface area contributed by atoms with Crippen LogP contribution in [0.3, 0.4) is 0 Å². The molecule has 2 N–H and O–H groups in total. The first-order valence-electron chi connectivity index (χ1n) is 10.4. The van der Waals surface area contributed by atoms with Crippen molar-refractivity contribution in [1.82, 2.24) is 5.32 Å². The van der Waals surface area contributed by atoms with E-state index < -0.39 is 30.2 Å². The number of aliphatic hydroxyl groups excluding tert-OH is 1. The molecule has 0 aromatic heterocycles. The number of carbonyl (C=O) groups is 2. The third-order valence-corrected chi connectivity index (χ3v) is 5.27. The first-order valence-corrected chi connectivity index (χ1v) is 11.6. The Balaban J connectivity index is 3.99. The standard InChI is InChI=1S/C21H34F3NO4S/c1-3-4-5-6-7-8-9-10-11-13-17(26)14-12-15-30-16-18(19(27)29-2)25-20(28)21(22,23)24/h17-18,26H,3-11,13,15-16H2,1-2H3,(H,25,28)/t17?,18-/m0/s1. The van der Waals surface area contributed by atoms with Crippen molar-refractivity contribution in [3.8, 4) is 11.8 Å². The highest BCUT2D eigenvalue weighted by Crippen LogP contribution is 2.15. The molecule has 0 saturated carbocycles. The zero-order valence-electron chi connectivity index (χ0n) is 17.9. The van der Waals surface area contributed by atoms with Crippen molar-refractivity contribution in [1.29, 1.82) is 0 Å². The van der Waals surface area contributed by atoms with Crippen LogP contribution in [0.15, 0.2) is 0 Å². The molecule has 174 valence electrons. The highest BCUT2D eigenvalue weighted by atomic mass is 32.2. The molecule has 1 unspecified atom stereocenters. The van der Waals surface area contributed by atoms with Crippen molar-refractivity contribution in [3.05, 3.63) is 0 Å². The van der Waals surface area contributed by atoms with Gasteiger partial charge in [-0.05, 0) is 12.8 Å². The van der Waals surface area contributed by atoms with Crippen molar-refractivity contribution >= 4 is 23.6 Å². The number of aliphatic hydroxyl groups is 1. The zero-order chi connectivity index (χ0) is 22.8. The minimum atomic E-state index is -5.07. The lowest BCUT2D eigenvalue weighted by Gasteiger charge is -2.16. The molecule has 0 aliphatic carbocycles. The summed E-state index contributed by atoms with van der Waals surface area (Å²) < 4.78 is 41.4. The van der Waals surface area contributed by atoms with Crippen LogP contribution < -0.4 is 5.32 Å². The molecule has 0 saturated heterocycles. The van der Waals surface area contributed by atoms with Gasteiger partial charge in [-0.2, -0.15) is 13.2 Å². The van der Waals surface area contributed by atoms with Crippen molar-refractivity contribution in [2.75, 3.05) is 18.6 Å². The third kappa shape index (κ3) is 15.4. The maximum Gasteiger partial charge on any atom is 0.471 e. The number of thioether (sulfide) groups is 1. The Labute approximate surface area is 181 Å². The van der Waals surface area contributed by atoms with Gasteiger partial charge in [0.2, 0.25) is 0 Å². The third-order valence-electron chi connectivity index (χ3n) is 4.36. The van der Waals surface area contributed by atoms with Crippen LogP contribution in [0, 0.1) is 11.8 Å². The molecule has 0 aliphatic rings. The summed E-state index contributed by atoms with van der Waals surface area (Å²) in [6, 6.07) is -1.41. The number of nitrogens with one attached hydrogen (secondary N) is 1. The predicted octanol–water partition coefficient (Wildman–Crippen LogP) is 4.22. The first-order chi connectivity index (χ1) is 14.2. The number of halogens is 3. The molecule has 30 heavy (non-hydrogen) atoms. The lowest BCUT2D eigenvalue weighted by molar-refractivity contribution is -0.175. The van der Waals surface area contributed by atoms with Gasteiger partial charge in [0.05, 0.1) is 12.9 Å². The molecule has 9 heteroatoms. The number of rotatable bonds is 15. The molecular formula is C21H34F3NO4S. The molecule has 0 aliphatic heterocycles. The number of carbonyl (C=O) groups excluding carboxylic acids is 2. The van der Waals surface area contributed by atoms with Gasteiger partial charge in [0.25, 0.3) is 0 Å². The van der Waals surface area contributed by atoms with Gasteiger partial charge >= 0.3 is 18.1 Å². The van der Waals surface area contributed by atoms with Crippen molar-refractivity contribution in [2.24, 2.45) is 0 Å². The molecule has 0 bridgehead atoms. The van der Waals surface area contributed by atoms with Crippen LogP contribution in [0.2, 0.25) is 0 Å². The first kappa shape index (κ1) is 28.6. The topological polar surface area (TPSA) is 75.6 Å². The number of alkyl halides is 3. The predicted molar refractivity (Wildman–Crippen MR) is 113 cm³/mol. The number of hydrogen-bond acceptors (Lipinski definition) is 5. The fourth-order valence-electron chi connectivity index (χ4n) is 2.66. The minimum absolute atomic E-state index is 0.114. The summed E-state index contributed by atoms with van der Waals surface area (Å²) in [4.78, 5) is 22.5. The van der Waals surface area contributed by atoms with Crippen LogP contribution in [0.25, 0.3) is 0 Å². The van der Waals surface area contributed by atoms with Gasteiger partial charge in [0.15, 0.2) is 0 Å². The largest absolute Gasteiger partial charge is 0.471 e.